The highest BCUT2D eigenvalue weighted by Crippen LogP contribution is 2.40. The van der Waals surface area contributed by atoms with Crippen molar-refractivity contribution in [1.29, 1.82) is 0 Å². The summed E-state index contributed by atoms with van der Waals surface area (Å²) in [5, 5.41) is 11.8. The van der Waals surface area contributed by atoms with Gasteiger partial charge >= 0.3 is 15.6 Å². The third kappa shape index (κ3) is 5.97. The van der Waals surface area contributed by atoms with Gasteiger partial charge < -0.3 is 18.9 Å². The second-order valence-electron chi connectivity index (χ2n) is 9.71. The number of fused-ring (bicyclic) bond motifs is 2. The van der Waals surface area contributed by atoms with Crippen molar-refractivity contribution in [2.24, 2.45) is 0 Å². The summed E-state index contributed by atoms with van der Waals surface area (Å²) in [7, 11) is -5.83. The van der Waals surface area contributed by atoms with Crippen LogP contribution < -0.4 is 8.92 Å². The maximum atomic E-state index is 12.9. The Kier molecular flexibility index (Phi) is 7.84. The first-order chi connectivity index (χ1) is 19.0. The van der Waals surface area contributed by atoms with Gasteiger partial charge in [-0.05, 0) is 66.8 Å². The van der Waals surface area contributed by atoms with Crippen molar-refractivity contribution >= 4 is 27.3 Å². The van der Waals surface area contributed by atoms with Crippen molar-refractivity contribution in [2.75, 3.05) is 19.6 Å². The van der Waals surface area contributed by atoms with Crippen LogP contribution in [-0.2, 0) is 22.3 Å². The van der Waals surface area contributed by atoms with Gasteiger partial charge in [-0.3, -0.25) is 4.98 Å². The zero-order valence-electron chi connectivity index (χ0n) is 21.2. The fraction of sp³-hybridized carbons (Fsp3) is 0.321. The van der Waals surface area contributed by atoms with Crippen LogP contribution in [0.4, 0.5) is 13.2 Å². The molecule has 2 aliphatic rings. The summed E-state index contributed by atoms with van der Waals surface area (Å²) in [4.78, 5) is 6.62. The number of nitrogens with zero attached hydrogens (tertiary/aromatic N) is 2. The summed E-state index contributed by atoms with van der Waals surface area (Å²) in [6, 6.07) is 14.5. The van der Waals surface area contributed by atoms with Gasteiger partial charge in [0, 0.05) is 42.0 Å². The van der Waals surface area contributed by atoms with Gasteiger partial charge in [-0.1, -0.05) is 35.9 Å². The predicted molar refractivity (Wildman–Crippen MR) is 143 cm³/mol. The summed E-state index contributed by atoms with van der Waals surface area (Å²) in [6.45, 7) is 2.16. The normalized spacial score (nSPS) is 18.4. The quantitative estimate of drug-likeness (QED) is 0.291. The Morgan fingerprint density at radius 1 is 1.10 bits per heavy atom. The van der Waals surface area contributed by atoms with Crippen LogP contribution in [0.5, 0.6) is 11.5 Å². The smallest absolute Gasteiger partial charge is 0.487 e. The molecule has 1 fully saturated rings. The molecule has 0 unspecified atom stereocenters. The lowest BCUT2D eigenvalue weighted by Crippen LogP contribution is -2.42. The van der Waals surface area contributed by atoms with Crippen molar-refractivity contribution < 1.29 is 35.6 Å². The largest absolute Gasteiger partial charge is 0.534 e. The number of alkyl halides is 3. The average molecular weight is 595 g/mol. The number of aliphatic hydroxyl groups is 1. The molecule has 1 N–H and O–H groups in total. The van der Waals surface area contributed by atoms with E-state index in [2.05, 4.69) is 14.1 Å². The minimum Gasteiger partial charge on any atom is -0.487 e. The summed E-state index contributed by atoms with van der Waals surface area (Å²) in [6.07, 6.45) is 5.26. The number of piperidine rings is 1. The van der Waals surface area contributed by atoms with E-state index in [1.54, 1.807) is 24.4 Å². The maximum absolute atomic E-state index is 12.9. The number of hydrogen-bond acceptors (Lipinski definition) is 7. The van der Waals surface area contributed by atoms with E-state index in [1.165, 1.54) is 12.1 Å². The van der Waals surface area contributed by atoms with Gasteiger partial charge in [-0.15, -0.1) is 0 Å². The molecule has 0 atom stereocenters. The Morgan fingerprint density at radius 2 is 1.82 bits per heavy atom. The van der Waals surface area contributed by atoms with Crippen molar-refractivity contribution in [3.63, 3.8) is 0 Å². The Bertz CT molecular complexity index is 1520. The maximum Gasteiger partial charge on any atom is 0.534 e. The van der Waals surface area contributed by atoms with Crippen molar-refractivity contribution in [2.45, 2.75) is 37.0 Å². The Hall–Kier alpha value is -3.12. The number of hydrogen-bond donors (Lipinski definition) is 1. The van der Waals surface area contributed by atoms with Crippen LogP contribution in [0.1, 0.15) is 41.6 Å². The van der Waals surface area contributed by atoms with Crippen LogP contribution >= 0.6 is 11.6 Å². The van der Waals surface area contributed by atoms with Crippen molar-refractivity contribution in [1.82, 2.24) is 9.88 Å². The highest BCUT2D eigenvalue weighted by atomic mass is 35.5. The molecule has 0 aliphatic carbocycles. The lowest BCUT2D eigenvalue weighted by Gasteiger charge is -2.38. The van der Waals surface area contributed by atoms with Crippen LogP contribution in [0.15, 0.2) is 66.9 Å². The SMILES string of the molecule is O=S(=O)(Oc1ccc2c(c1)C(=CCCN1CCC(O)(c3ccc(Cl)cc3)CC1)c1cccnc1CO2)C(F)(F)F. The first kappa shape index (κ1) is 28.4. The van der Waals surface area contributed by atoms with E-state index in [0.29, 0.717) is 66.5 Å². The highest BCUT2D eigenvalue weighted by Gasteiger charge is 2.48. The Morgan fingerprint density at radius 3 is 2.52 bits per heavy atom. The van der Waals surface area contributed by atoms with Crippen LogP contribution in [0.3, 0.4) is 0 Å². The highest BCUT2D eigenvalue weighted by molar-refractivity contribution is 7.88. The first-order valence-electron chi connectivity index (χ1n) is 12.6. The second-order valence-corrected chi connectivity index (χ2v) is 11.7. The number of aromatic nitrogens is 1. The molecular weight excluding hydrogens is 569 g/mol. The van der Waals surface area contributed by atoms with E-state index in [-0.39, 0.29) is 6.61 Å². The van der Waals surface area contributed by atoms with Gasteiger partial charge in [0.2, 0.25) is 0 Å². The molecule has 3 aromatic rings. The molecule has 2 aliphatic heterocycles. The molecule has 212 valence electrons. The molecule has 3 heterocycles. The molecule has 0 spiro atoms. The van der Waals surface area contributed by atoms with E-state index in [1.807, 2.05) is 24.3 Å². The van der Waals surface area contributed by atoms with Gasteiger partial charge in [0.1, 0.15) is 18.1 Å². The molecule has 7 nitrogen and oxygen atoms in total. The number of ether oxygens (including phenoxy) is 1. The monoisotopic (exact) mass is 594 g/mol. The third-order valence-corrected chi connectivity index (χ3v) is 8.36. The molecule has 40 heavy (non-hydrogen) atoms. The van der Waals surface area contributed by atoms with E-state index in [4.69, 9.17) is 16.3 Å². The zero-order chi connectivity index (χ0) is 28.5. The van der Waals surface area contributed by atoms with Gasteiger partial charge in [0.05, 0.1) is 11.3 Å². The second kappa shape index (κ2) is 11.0. The zero-order valence-corrected chi connectivity index (χ0v) is 22.8. The lowest BCUT2D eigenvalue weighted by molar-refractivity contribution is -0.0500. The van der Waals surface area contributed by atoms with Crippen LogP contribution in [-0.4, -0.2) is 48.6 Å². The van der Waals surface area contributed by atoms with Crippen LogP contribution in [0.25, 0.3) is 5.57 Å². The number of rotatable bonds is 6. The van der Waals surface area contributed by atoms with E-state index in [9.17, 15) is 26.7 Å². The van der Waals surface area contributed by atoms with Crippen LogP contribution in [0.2, 0.25) is 5.02 Å². The number of benzene rings is 2. The average Bonchev–Trinajstić information content (AvgIpc) is 3.06. The number of halogens is 4. The molecule has 0 saturated carbocycles. The van der Waals surface area contributed by atoms with E-state index in [0.717, 1.165) is 17.2 Å². The topological polar surface area (TPSA) is 89.0 Å². The molecule has 0 amide bonds. The molecule has 1 aromatic heterocycles. The van der Waals surface area contributed by atoms with Crippen molar-refractivity contribution in [3.8, 4) is 11.5 Å². The van der Waals surface area contributed by atoms with E-state index < -0.39 is 27.0 Å². The fourth-order valence-corrected chi connectivity index (χ4v) is 5.54. The Labute approximate surface area is 234 Å². The van der Waals surface area contributed by atoms with Crippen LogP contribution in [0, 0.1) is 0 Å². The van der Waals surface area contributed by atoms with E-state index >= 15 is 0 Å². The summed E-state index contributed by atoms with van der Waals surface area (Å²) in [5.74, 6) is -0.109. The Balaban J connectivity index is 1.36. The molecule has 12 heteroatoms. The number of likely N-dealkylation sites (tertiary alicyclic amines) is 1. The van der Waals surface area contributed by atoms with Gasteiger partial charge in [-0.2, -0.15) is 21.6 Å². The summed E-state index contributed by atoms with van der Waals surface area (Å²) in [5.41, 5.74) is -3.22. The minimum absolute atomic E-state index is 0.136. The van der Waals surface area contributed by atoms with Gasteiger partial charge in [0.15, 0.2) is 0 Å². The third-order valence-electron chi connectivity index (χ3n) is 7.13. The number of pyridine rings is 1. The summed E-state index contributed by atoms with van der Waals surface area (Å²) < 4.78 is 72.2. The first-order valence-corrected chi connectivity index (χ1v) is 14.4. The molecule has 2 aromatic carbocycles. The minimum atomic E-state index is -5.83. The van der Waals surface area contributed by atoms with Crippen molar-refractivity contribution in [3.05, 3.63) is 94.3 Å². The van der Waals surface area contributed by atoms with Gasteiger partial charge in [0.25, 0.3) is 0 Å². The molecule has 0 radical (unpaired) electrons. The lowest BCUT2D eigenvalue weighted by atomic mass is 9.84. The van der Waals surface area contributed by atoms with Gasteiger partial charge in [-0.25, -0.2) is 0 Å². The fourth-order valence-electron chi connectivity index (χ4n) is 4.97. The summed E-state index contributed by atoms with van der Waals surface area (Å²) >= 11 is 5.98. The standard InChI is InChI=1S/C28H26ClF3N2O5S/c29-20-7-5-19(6-8-20)27(35)11-15-34(16-12-27)14-2-4-22-23-3-1-13-33-25(23)18-38-26-10-9-21(17-24(22)26)39-40(36,37)28(30,31)32/h1,3-10,13,17,35H,2,11-12,14-16,18H2. The molecule has 5 rings (SSSR count). The molecule has 0 bridgehead atoms. The predicted octanol–water partition coefficient (Wildman–Crippen LogP) is 5.66. The molecular formula is C28H26ClF3N2O5S. The molecule has 1 saturated heterocycles.